The smallest absolute Gasteiger partial charge is 0.220 e. The molecule has 1 amide bonds. The van der Waals surface area contributed by atoms with Gasteiger partial charge >= 0.3 is 0 Å². The second kappa shape index (κ2) is 38.1. The van der Waals surface area contributed by atoms with E-state index in [1.807, 2.05) is 0 Å². The van der Waals surface area contributed by atoms with Crippen molar-refractivity contribution in [3.05, 3.63) is 85.1 Å². The van der Waals surface area contributed by atoms with E-state index >= 15 is 0 Å². The first kappa shape index (κ1) is 59.3. The summed E-state index contributed by atoms with van der Waals surface area (Å²) < 4.78 is 22.6. The van der Waals surface area contributed by atoms with E-state index in [2.05, 4.69) is 104 Å². The van der Waals surface area contributed by atoms with Crippen LogP contribution in [0.3, 0.4) is 0 Å². The van der Waals surface area contributed by atoms with Gasteiger partial charge in [-0.05, 0) is 70.6 Å². The highest BCUT2D eigenvalue weighted by atomic mass is 16.7. The zero-order chi connectivity index (χ0) is 48.2. The Hall–Kier alpha value is -2.83. The molecular formula is C52H87NO13. The van der Waals surface area contributed by atoms with Gasteiger partial charge in [-0.25, -0.2) is 0 Å². The molecule has 2 aliphatic heterocycles. The van der Waals surface area contributed by atoms with Gasteiger partial charge in [-0.2, -0.15) is 0 Å². The van der Waals surface area contributed by atoms with Crippen LogP contribution in [0, 0.1) is 0 Å². The van der Waals surface area contributed by atoms with E-state index in [0.29, 0.717) is 12.8 Å². The van der Waals surface area contributed by atoms with Crippen LogP contribution in [0.15, 0.2) is 85.1 Å². The topological polar surface area (TPSA) is 228 Å². The van der Waals surface area contributed by atoms with Crippen LogP contribution in [0.5, 0.6) is 0 Å². The molecule has 378 valence electrons. The molecule has 14 heteroatoms. The standard InChI is InChI=1S/C52H87NO13/c1-3-5-7-9-10-11-12-13-14-15-16-17-18-19-20-21-22-23-24-25-26-27-28-29-30-32-34-36-44(57)53-40(41(56)35-33-31-8-6-4-2)39-63-51-49(62)47(60)50(43(38-55)65-51)66-52-48(61)46(59)45(58)42(37-54)64-52/h5,7,10-11,13-14,16-17,19-20,22-23,25-26,40-43,45-52,54-56,58-62H,3-4,6,8-9,12,15,18,21,24,27-39H2,1-2H3,(H,53,57)/b7-5-,11-10-,14-13-,17-16-,20-19-,23-22-,26-25-. The molecule has 2 heterocycles. The quantitative estimate of drug-likeness (QED) is 0.0252. The van der Waals surface area contributed by atoms with Gasteiger partial charge in [0.05, 0.1) is 32.0 Å². The van der Waals surface area contributed by atoms with Crippen LogP contribution in [-0.2, 0) is 23.7 Å². The molecule has 0 bridgehead atoms. The predicted octanol–water partition coefficient (Wildman–Crippen LogP) is 6.21. The number of unbranched alkanes of at least 4 members (excludes halogenated alkanes) is 9. The molecule has 9 N–H and O–H groups in total. The lowest BCUT2D eigenvalue weighted by Gasteiger charge is -2.46. The van der Waals surface area contributed by atoms with Crippen LogP contribution in [0.1, 0.15) is 142 Å². The van der Waals surface area contributed by atoms with Crippen LogP contribution in [0.25, 0.3) is 0 Å². The van der Waals surface area contributed by atoms with Crippen LogP contribution in [-0.4, -0.2) is 140 Å². The molecule has 12 unspecified atom stereocenters. The minimum Gasteiger partial charge on any atom is -0.394 e. The van der Waals surface area contributed by atoms with Gasteiger partial charge in [-0.3, -0.25) is 4.79 Å². The molecule has 0 aromatic rings. The summed E-state index contributed by atoms with van der Waals surface area (Å²) in [7, 11) is 0. The number of rotatable bonds is 36. The van der Waals surface area contributed by atoms with Crippen molar-refractivity contribution in [2.24, 2.45) is 0 Å². The molecule has 66 heavy (non-hydrogen) atoms. The Morgan fingerprint density at radius 3 is 1.61 bits per heavy atom. The number of hydrogen-bond donors (Lipinski definition) is 9. The maximum absolute atomic E-state index is 13.1. The second-order valence-corrected chi connectivity index (χ2v) is 17.2. The van der Waals surface area contributed by atoms with Gasteiger partial charge < -0.3 is 65.1 Å². The second-order valence-electron chi connectivity index (χ2n) is 17.2. The van der Waals surface area contributed by atoms with Gasteiger partial charge in [0.2, 0.25) is 5.91 Å². The van der Waals surface area contributed by atoms with Gasteiger partial charge in [0, 0.05) is 6.42 Å². The fourth-order valence-corrected chi connectivity index (χ4v) is 7.57. The Morgan fingerprint density at radius 2 is 1.05 bits per heavy atom. The normalized spacial score (nSPS) is 27.5. The van der Waals surface area contributed by atoms with Gasteiger partial charge in [-0.1, -0.05) is 150 Å². The number of nitrogens with one attached hydrogen (secondary N) is 1. The highest BCUT2D eigenvalue weighted by molar-refractivity contribution is 5.76. The summed E-state index contributed by atoms with van der Waals surface area (Å²) in [5.74, 6) is -0.239. The SMILES string of the molecule is CC/C=C\C/C=C\C/C=C\C/C=C\C/C=C\C/C=C\C/C=C\CCCCCCCC(=O)NC(COC1OC(CO)C(OC2OC(CO)C(O)C(O)C2O)C(O)C1O)C(O)CCCCCCC. The third-order valence-corrected chi connectivity index (χ3v) is 11.6. The molecule has 2 rings (SSSR count). The Balaban J connectivity index is 1.69. The van der Waals surface area contributed by atoms with Crippen molar-refractivity contribution in [2.75, 3.05) is 19.8 Å². The Labute approximate surface area is 395 Å². The summed E-state index contributed by atoms with van der Waals surface area (Å²) in [6.45, 7) is 2.59. The monoisotopic (exact) mass is 934 g/mol. The van der Waals surface area contributed by atoms with E-state index in [1.165, 1.54) is 0 Å². The maximum Gasteiger partial charge on any atom is 0.220 e. The summed E-state index contributed by atoms with van der Waals surface area (Å²) in [5.41, 5.74) is 0. The lowest BCUT2D eigenvalue weighted by molar-refractivity contribution is -0.359. The molecule has 14 nitrogen and oxygen atoms in total. The van der Waals surface area contributed by atoms with E-state index in [-0.39, 0.29) is 18.9 Å². The number of aliphatic hydroxyl groups excluding tert-OH is 8. The van der Waals surface area contributed by atoms with Crippen molar-refractivity contribution < 1.29 is 64.6 Å². The molecule has 0 aromatic carbocycles. The number of ether oxygens (including phenoxy) is 4. The number of hydrogen-bond acceptors (Lipinski definition) is 13. The minimum atomic E-state index is -1.79. The molecule has 0 spiro atoms. The molecule has 0 aromatic heterocycles. The molecule has 2 saturated heterocycles. The number of allylic oxidation sites excluding steroid dienone is 14. The van der Waals surface area contributed by atoms with Gasteiger partial charge in [-0.15, -0.1) is 0 Å². The van der Waals surface area contributed by atoms with Gasteiger partial charge in [0.15, 0.2) is 12.6 Å². The molecule has 2 aliphatic rings. The first-order valence-corrected chi connectivity index (χ1v) is 24.8. The molecule has 12 atom stereocenters. The number of amides is 1. The van der Waals surface area contributed by atoms with Crippen LogP contribution >= 0.6 is 0 Å². The third kappa shape index (κ3) is 25.0. The third-order valence-electron chi connectivity index (χ3n) is 11.6. The Morgan fingerprint density at radius 1 is 0.561 bits per heavy atom. The highest BCUT2D eigenvalue weighted by Crippen LogP contribution is 2.30. The Kier molecular flexibility index (Phi) is 34.2. The van der Waals surface area contributed by atoms with Crippen molar-refractivity contribution >= 4 is 5.91 Å². The molecule has 0 aliphatic carbocycles. The summed E-state index contributed by atoms with van der Waals surface area (Å²) in [4.78, 5) is 13.1. The van der Waals surface area contributed by atoms with Gasteiger partial charge in [0.25, 0.3) is 0 Å². The molecular weight excluding hydrogens is 847 g/mol. The number of aliphatic hydroxyl groups is 8. The van der Waals surface area contributed by atoms with Crippen LogP contribution < -0.4 is 5.32 Å². The van der Waals surface area contributed by atoms with Crippen molar-refractivity contribution in [1.29, 1.82) is 0 Å². The fourth-order valence-electron chi connectivity index (χ4n) is 7.57. The minimum absolute atomic E-state index is 0.239. The maximum atomic E-state index is 13.1. The van der Waals surface area contributed by atoms with Crippen molar-refractivity contribution in [3.8, 4) is 0 Å². The summed E-state index contributed by atoms with van der Waals surface area (Å²) in [5, 5.41) is 86.3. The van der Waals surface area contributed by atoms with E-state index < -0.39 is 86.8 Å². The average Bonchev–Trinajstić information content (AvgIpc) is 3.31. The van der Waals surface area contributed by atoms with E-state index in [4.69, 9.17) is 18.9 Å². The highest BCUT2D eigenvalue weighted by Gasteiger charge is 2.51. The zero-order valence-electron chi connectivity index (χ0n) is 39.9. The average molecular weight is 934 g/mol. The van der Waals surface area contributed by atoms with Gasteiger partial charge in [0.1, 0.15) is 48.8 Å². The first-order valence-electron chi connectivity index (χ1n) is 24.8. The lowest BCUT2D eigenvalue weighted by atomic mass is 9.97. The van der Waals surface area contributed by atoms with Crippen molar-refractivity contribution in [2.45, 2.75) is 216 Å². The fraction of sp³-hybridized carbons (Fsp3) is 0.712. The largest absolute Gasteiger partial charge is 0.394 e. The first-order chi connectivity index (χ1) is 32.1. The molecule has 2 fully saturated rings. The van der Waals surface area contributed by atoms with Crippen LogP contribution in [0.4, 0.5) is 0 Å². The summed E-state index contributed by atoms with van der Waals surface area (Å²) in [6, 6.07) is -0.841. The lowest BCUT2D eigenvalue weighted by Crippen LogP contribution is -2.65. The molecule has 0 radical (unpaired) electrons. The number of carbonyl (C=O) groups excluding carboxylic acids is 1. The van der Waals surface area contributed by atoms with Crippen molar-refractivity contribution in [1.82, 2.24) is 5.32 Å². The van der Waals surface area contributed by atoms with Crippen molar-refractivity contribution in [3.63, 3.8) is 0 Å². The van der Waals surface area contributed by atoms with Crippen LogP contribution in [0.2, 0.25) is 0 Å². The number of carbonyl (C=O) groups is 1. The van der Waals surface area contributed by atoms with E-state index in [1.54, 1.807) is 0 Å². The summed E-state index contributed by atoms with van der Waals surface area (Å²) >= 11 is 0. The Bertz CT molecular complexity index is 1430. The predicted molar refractivity (Wildman–Crippen MR) is 258 cm³/mol. The van der Waals surface area contributed by atoms with E-state index in [0.717, 1.165) is 109 Å². The van der Waals surface area contributed by atoms with E-state index in [9.17, 15) is 45.6 Å². The zero-order valence-corrected chi connectivity index (χ0v) is 39.9. The summed E-state index contributed by atoms with van der Waals surface area (Å²) in [6.07, 6.45) is 32.2. The molecule has 0 saturated carbocycles.